The van der Waals surface area contributed by atoms with Gasteiger partial charge in [-0.3, -0.25) is 15.4 Å². The molecule has 0 atom stereocenters. The summed E-state index contributed by atoms with van der Waals surface area (Å²) in [5, 5.41) is 22.5. The largest absolute Gasteiger partial charge is 0.483 e. The summed E-state index contributed by atoms with van der Waals surface area (Å²) < 4.78 is 5.91. The highest BCUT2D eigenvalue weighted by Crippen LogP contribution is 2.34. The van der Waals surface area contributed by atoms with E-state index in [4.69, 9.17) is 9.84 Å². The highest BCUT2D eigenvalue weighted by molar-refractivity contribution is 5.83. The number of carboxylic acid groups (broad SMARTS) is 1. The molecular weight excluding hydrogens is 350 g/mol. The molecule has 0 spiro atoms. The average molecular weight is 371 g/mol. The van der Waals surface area contributed by atoms with Crippen molar-refractivity contribution in [2.24, 2.45) is 0 Å². The molecule has 2 aromatic rings. The standard InChI is InChI=1S/C19H21N3O5/c1-21-10-8-16(9-11-21)27-18-7-4-14(12-17(18)22(25)26)13-2-5-15(6-3-13)20-19(23)24/h2-7,12,16,20H,8-11H2,1H3,(H,23,24). The fourth-order valence-corrected chi connectivity index (χ4v) is 3.09. The van der Waals surface area contributed by atoms with Crippen molar-refractivity contribution in [3.05, 3.63) is 52.6 Å². The molecular formula is C19H21N3O5. The molecule has 2 N–H and O–H groups in total. The lowest BCUT2D eigenvalue weighted by Gasteiger charge is -2.29. The molecule has 0 bridgehead atoms. The summed E-state index contributed by atoms with van der Waals surface area (Å²) in [4.78, 5) is 23.9. The highest BCUT2D eigenvalue weighted by atomic mass is 16.6. The van der Waals surface area contributed by atoms with E-state index in [0.717, 1.165) is 31.5 Å². The first-order chi connectivity index (χ1) is 12.9. The summed E-state index contributed by atoms with van der Waals surface area (Å²) in [7, 11) is 2.05. The summed E-state index contributed by atoms with van der Waals surface area (Å²) in [6.07, 6.45) is 0.516. The molecule has 0 radical (unpaired) electrons. The maximum atomic E-state index is 11.5. The first-order valence-electron chi connectivity index (χ1n) is 8.66. The summed E-state index contributed by atoms with van der Waals surface area (Å²) in [6, 6.07) is 11.5. The van der Waals surface area contributed by atoms with Crippen LogP contribution in [-0.2, 0) is 0 Å². The zero-order valence-corrected chi connectivity index (χ0v) is 14.9. The van der Waals surface area contributed by atoms with Gasteiger partial charge in [0.1, 0.15) is 6.10 Å². The van der Waals surface area contributed by atoms with Gasteiger partial charge in [0.15, 0.2) is 5.75 Å². The number of amides is 1. The minimum Gasteiger partial charge on any atom is -0.483 e. The summed E-state index contributed by atoms with van der Waals surface area (Å²) in [5.74, 6) is 0.280. The molecule has 142 valence electrons. The van der Waals surface area contributed by atoms with Gasteiger partial charge in [-0.25, -0.2) is 4.79 Å². The van der Waals surface area contributed by atoms with Gasteiger partial charge >= 0.3 is 11.8 Å². The number of nitro benzene ring substituents is 1. The predicted molar refractivity (Wildman–Crippen MR) is 101 cm³/mol. The van der Waals surface area contributed by atoms with Crippen molar-refractivity contribution in [3.63, 3.8) is 0 Å². The Labute approximate surface area is 156 Å². The number of benzene rings is 2. The molecule has 27 heavy (non-hydrogen) atoms. The van der Waals surface area contributed by atoms with E-state index in [-0.39, 0.29) is 17.5 Å². The Morgan fingerprint density at radius 2 is 1.81 bits per heavy atom. The molecule has 0 aromatic heterocycles. The van der Waals surface area contributed by atoms with Crippen molar-refractivity contribution in [2.75, 3.05) is 25.5 Å². The van der Waals surface area contributed by atoms with E-state index >= 15 is 0 Å². The SMILES string of the molecule is CN1CCC(Oc2ccc(-c3ccc(NC(=O)O)cc3)cc2[N+](=O)[O-])CC1. The molecule has 8 nitrogen and oxygen atoms in total. The monoisotopic (exact) mass is 371 g/mol. The Balaban J connectivity index is 1.80. The Kier molecular flexibility index (Phi) is 5.56. The van der Waals surface area contributed by atoms with Crippen LogP contribution in [0.4, 0.5) is 16.2 Å². The number of rotatable bonds is 5. The molecule has 1 saturated heterocycles. The van der Waals surface area contributed by atoms with Crippen LogP contribution in [0.2, 0.25) is 0 Å². The quantitative estimate of drug-likeness (QED) is 0.611. The van der Waals surface area contributed by atoms with Gasteiger partial charge in [0.2, 0.25) is 0 Å². The second-order valence-electron chi connectivity index (χ2n) is 6.57. The van der Waals surface area contributed by atoms with Crippen LogP contribution < -0.4 is 10.1 Å². The minimum absolute atomic E-state index is 0.0212. The van der Waals surface area contributed by atoms with E-state index in [1.165, 1.54) is 6.07 Å². The van der Waals surface area contributed by atoms with Crippen molar-refractivity contribution < 1.29 is 19.6 Å². The number of piperidine rings is 1. The molecule has 0 unspecified atom stereocenters. The van der Waals surface area contributed by atoms with Gasteiger partial charge in [-0.15, -0.1) is 0 Å². The van der Waals surface area contributed by atoms with E-state index < -0.39 is 11.0 Å². The molecule has 1 aliphatic heterocycles. The molecule has 1 heterocycles. The summed E-state index contributed by atoms with van der Waals surface area (Å²) >= 11 is 0. The van der Waals surface area contributed by atoms with Crippen LogP contribution in [0.25, 0.3) is 11.1 Å². The van der Waals surface area contributed by atoms with Crippen molar-refractivity contribution in [3.8, 4) is 16.9 Å². The second kappa shape index (κ2) is 8.05. The van der Waals surface area contributed by atoms with Gasteiger partial charge in [0.05, 0.1) is 4.92 Å². The normalized spacial score (nSPS) is 15.3. The lowest BCUT2D eigenvalue weighted by atomic mass is 10.0. The van der Waals surface area contributed by atoms with Gasteiger partial charge in [0.25, 0.3) is 0 Å². The van der Waals surface area contributed by atoms with Gasteiger partial charge in [-0.1, -0.05) is 18.2 Å². The third-order valence-corrected chi connectivity index (χ3v) is 4.58. The first kappa shape index (κ1) is 18.7. The minimum atomic E-state index is -1.14. The van der Waals surface area contributed by atoms with Crippen molar-refractivity contribution in [1.82, 2.24) is 4.90 Å². The van der Waals surface area contributed by atoms with Crippen LogP contribution in [0.1, 0.15) is 12.8 Å². The molecule has 1 amide bonds. The third kappa shape index (κ3) is 4.73. The van der Waals surface area contributed by atoms with Crippen LogP contribution in [0.15, 0.2) is 42.5 Å². The molecule has 3 rings (SSSR count). The number of hydrogen-bond acceptors (Lipinski definition) is 5. The summed E-state index contributed by atoms with van der Waals surface area (Å²) in [6.45, 7) is 1.82. The van der Waals surface area contributed by atoms with E-state index in [1.807, 2.05) is 7.05 Å². The second-order valence-corrected chi connectivity index (χ2v) is 6.57. The molecule has 8 heteroatoms. The number of hydrogen-bond donors (Lipinski definition) is 2. The van der Waals surface area contributed by atoms with E-state index in [0.29, 0.717) is 11.3 Å². The van der Waals surface area contributed by atoms with E-state index in [1.54, 1.807) is 36.4 Å². The number of nitrogens with zero attached hydrogens (tertiary/aromatic N) is 2. The van der Waals surface area contributed by atoms with E-state index in [9.17, 15) is 14.9 Å². The van der Waals surface area contributed by atoms with Crippen LogP contribution in [0, 0.1) is 10.1 Å². The molecule has 1 aliphatic rings. The number of carbonyl (C=O) groups is 1. The number of anilines is 1. The van der Waals surface area contributed by atoms with E-state index in [2.05, 4.69) is 10.2 Å². The van der Waals surface area contributed by atoms with Gasteiger partial charge in [-0.05, 0) is 49.2 Å². The van der Waals surface area contributed by atoms with Gasteiger partial charge in [0, 0.05) is 24.8 Å². The fourth-order valence-electron chi connectivity index (χ4n) is 3.09. The van der Waals surface area contributed by atoms with Crippen LogP contribution >= 0.6 is 0 Å². The Hall–Kier alpha value is -3.13. The maximum absolute atomic E-state index is 11.5. The summed E-state index contributed by atoms with van der Waals surface area (Å²) in [5.41, 5.74) is 1.78. The van der Waals surface area contributed by atoms with Crippen LogP contribution in [-0.4, -0.2) is 47.3 Å². The maximum Gasteiger partial charge on any atom is 0.409 e. The Morgan fingerprint density at radius 1 is 1.19 bits per heavy atom. The first-order valence-corrected chi connectivity index (χ1v) is 8.66. The fraction of sp³-hybridized carbons (Fsp3) is 0.316. The van der Waals surface area contributed by atoms with Crippen LogP contribution in [0.3, 0.4) is 0 Å². The molecule has 0 aliphatic carbocycles. The number of nitrogens with one attached hydrogen (secondary N) is 1. The number of nitro groups is 1. The molecule has 1 fully saturated rings. The number of likely N-dealkylation sites (tertiary alicyclic amines) is 1. The van der Waals surface area contributed by atoms with Crippen molar-refractivity contribution >= 4 is 17.5 Å². The highest BCUT2D eigenvalue weighted by Gasteiger charge is 2.23. The Morgan fingerprint density at radius 3 is 2.41 bits per heavy atom. The van der Waals surface area contributed by atoms with Crippen LogP contribution in [0.5, 0.6) is 5.75 Å². The number of ether oxygens (including phenoxy) is 1. The lowest BCUT2D eigenvalue weighted by molar-refractivity contribution is -0.386. The van der Waals surface area contributed by atoms with Crippen molar-refractivity contribution in [1.29, 1.82) is 0 Å². The zero-order valence-electron chi connectivity index (χ0n) is 14.9. The van der Waals surface area contributed by atoms with Crippen molar-refractivity contribution in [2.45, 2.75) is 18.9 Å². The predicted octanol–water partition coefficient (Wildman–Crippen LogP) is 3.82. The van der Waals surface area contributed by atoms with Gasteiger partial charge < -0.3 is 14.7 Å². The topological polar surface area (TPSA) is 105 Å². The third-order valence-electron chi connectivity index (χ3n) is 4.58. The smallest absolute Gasteiger partial charge is 0.409 e. The lowest BCUT2D eigenvalue weighted by Crippen LogP contribution is -2.35. The molecule has 0 saturated carbocycles. The van der Waals surface area contributed by atoms with Gasteiger partial charge in [-0.2, -0.15) is 0 Å². The molecule has 2 aromatic carbocycles. The Bertz CT molecular complexity index is 830. The zero-order chi connectivity index (χ0) is 19.4. The average Bonchev–Trinajstić information content (AvgIpc) is 2.64.